The summed E-state index contributed by atoms with van der Waals surface area (Å²) < 4.78 is 5.25. The molecule has 3 nitrogen and oxygen atoms in total. The molecule has 0 aromatic carbocycles. The number of nitrogens with one attached hydrogen (secondary N) is 1. The lowest BCUT2D eigenvalue weighted by atomic mass is 9.92. The molecule has 1 rings (SSSR count). The van der Waals surface area contributed by atoms with Crippen LogP contribution in [0.15, 0.2) is 0 Å². The lowest BCUT2D eigenvalue weighted by Gasteiger charge is -2.27. The first kappa shape index (κ1) is 13.9. The molecule has 2 atom stereocenters. The molecule has 1 aliphatic carbocycles. The van der Waals surface area contributed by atoms with Gasteiger partial charge in [0.2, 0.25) is 0 Å². The highest BCUT2D eigenvalue weighted by Gasteiger charge is 2.21. The second-order valence-corrected chi connectivity index (χ2v) is 5.05. The molecule has 1 saturated carbocycles. The maximum atomic E-state index is 5.88. The molecule has 1 aliphatic rings. The van der Waals surface area contributed by atoms with Crippen molar-refractivity contribution in [1.29, 1.82) is 0 Å². The molecule has 0 heterocycles. The highest BCUT2D eigenvalue weighted by atomic mass is 16.5. The van der Waals surface area contributed by atoms with Gasteiger partial charge in [-0.3, -0.25) is 0 Å². The molecule has 0 bridgehead atoms. The SMILES string of the molecule is COC(C)CNC(CN)C1CCCCCC1. The van der Waals surface area contributed by atoms with Crippen molar-refractivity contribution >= 4 is 0 Å². The van der Waals surface area contributed by atoms with Crippen molar-refractivity contribution in [2.24, 2.45) is 11.7 Å². The van der Waals surface area contributed by atoms with Crippen molar-refractivity contribution in [1.82, 2.24) is 5.32 Å². The van der Waals surface area contributed by atoms with Gasteiger partial charge in [-0.25, -0.2) is 0 Å². The largest absolute Gasteiger partial charge is 0.380 e. The van der Waals surface area contributed by atoms with E-state index in [1.807, 2.05) is 0 Å². The second-order valence-electron chi connectivity index (χ2n) is 5.05. The van der Waals surface area contributed by atoms with Gasteiger partial charge in [0, 0.05) is 26.2 Å². The predicted octanol–water partition coefficient (Wildman–Crippen LogP) is 1.91. The summed E-state index contributed by atoms with van der Waals surface area (Å²) in [6, 6.07) is 0.482. The van der Waals surface area contributed by atoms with Gasteiger partial charge in [0.1, 0.15) is 0 Å². The van der Waals surface area contributed by atoms with Crippen LogP contribution in [0, 0.1) is 5.92 Å². The minimum absolute atomic E-state index is 0.278. The van der Waals surface area contributed by atoms with Crippen LogP contribution in [-0.4, -0.2) is 32.3 Å². The Morgan fingerprint density at radius 2 is 1.88 bits per heavy atom. The van der Waals surface area contributed by atoms with E-state index in [1.54, 1.807) is 7.11 Å². The van der Waals surface area contributed by atoms with Crippen LogP contribution in [0.25, 0.3) is 0 Å². The molecule has 0 radical (unpaired) electrons. The summed E-state index contributed by atoms with van der Waals surface area (Å²) in [4.78, 5) is 0. The summed E-state index contributed by atoms with van der Waals surface area (Å²) in [5.74, 6) is 0.775. The van der Waals surface area contributed by atoms with Crippen molar-refractivity contribution in [2.75, 3.05) is 20.2 Å². The van der Waals surface area contributed by atoms with Crippen LogP contribution in [-0.2, 0) is 4.74 Å². The van der Waals surface area contributed by atoms with E-state index in [4.69, 9.17) is 10.5 Å². The van der Waals surface area contributed by atoms with Gasteiger partial charge < -0.3 is 15.8 Å². The summed E-state index contributed by atoms with van der Waals surface area (Å²) in [5.41, 5.74) is 5.88. The maximum Gasteiger partial charge on any atom is 0.0667 e. The number of methoxy groups -OCH3 is 1. The first-order valence-corrected chi connectivity index (χ1v) is 6.74. The van der Waals surface area contributed by atoms with Gasteiger partial charge in [-0.15, -0.1) is 0 Å². The van der Waals surface area contributed by atoms with Gasteiger partial charge in [-0.05, 0) is 25.7 Å². The van der Waals surface area contributed by atoms with Crippen LogP contribution in [0.3, 0.4) is 0 Å². The Morgan fingerprint density at radius 1 is 1.25 bits per heavy atom. The molecule has 0 aromatic heterocycles. The number of hydrogen-bond acceptors (Lipinski definition) is 3. The Bertz CT molecular complexity index is 167. The molecule has 3 N–H and O–H groups in total. The monoisotopic (exact) mass is 228 g/mol. The van der Waals surface area contributed by atoms with Crippen LogP contribution < -0.4 is 11.1 Å². The molecule has 16 heavy (non-hydrogen) atoms. The van der Waals surface area contributed by atoms with E-state index >= 15 is 0 Å². The number of hydrogen-bond donors (Lipinski definition) is 2. The molecule has 0 aliphatic heterocycles. The topological polar surface area (TPSA) is 47.3 Å². The van der Waals surface area contributed by atoms with Crippen LogP contribution in [0.1, 0.15) is 45.4 Å². The minimum atomic E-state index is 0.278. The molecule has 0 saturated heterocycles. The van der Waals surface area contributed by atoms with Crippen LogP contribution in [0.5, 0.6) is 0 Å². The summed E-state index contributed by atoms with van der Waals surface area (Å²) in [6.07, 6.45) is 8.53. The third-order valence-corrected chi connectivity index (χ3v) is 3.79. The second kappa shape index (κ2) is 8.04. The molecule has 96 valence electrons. The number of ether oxygens (including phenoxy) is 1. The standard InChI is InChI=1S/C13H28N2O/c1-11(16-2)10-15-13(9-14)12-7-5-3-4-6-8-12/h11-13,15H,3-10,14H2,1-2H3. The number of rotatable bonds is 6. The fraction of sp³-hybridized carbons (Fsp3) is 1.00. The van der Waals surface area contributed by atoms with Gasteiger partial charge in [-0.2, -0.15) is 0 Å². The van der Waals surface area contributed by atoms with Crippen molar-refractivity contribution in [2.45, 2.75) is 57.6 Å². The first-order chi connectivity index (χ1) is 7.77. The highest BCUT2D eigenvalue weighted by Crippen LogP contribution is 2.25. The molecule has 2 unspecified atom stereocenters. The fourth-order valence-corrected chi connectivity index (χ4v) is 2.56. The zero-order valence-corrected chi connectivity index (χ0v) is 10.9. The van der Waals surface area contributed by atoms with E-state index in [0.717, 1.165) is 19.0 Å². The van der Waals surface area contributed by atoms with Crippen LogP contribution in [0.2, 0.25) is 0 Å². The molecular weight excluding hydrogens is 200 g/mol. The predicted molar refractivity (Wildman–Crippen MR) is 68.5 cm³/mol. The Balaban J connectivity index is 2.33. The normalized spacial score (nSPS) is 22.7. The molecule has 0 spiro atoms. The van der Waals surface area contributed by atoms with Gasteiger partial charge in [0.15, 0.2) is 0 Å². The third-order valence-electron chi connectivity index (χ3n) is 3.79. The zero-order valence-electron chi connectivity index (χ0n) is 10.9. The number of nitrogens with two attached hydrogens (primary N) is 1. The van der Waals surface area contributed by atoms with Crippen molar-refractivity contribution < 1.29 is 4.74 Å². The fourth-order valence-electron chi connectivity index (χ4n) is 2.56. The lowest BCUT2D eigenvalue weighted by Crippen LogP contribution is -2.45. The third kappa shape index (κ3) is 4.81. The average Bonchev–Trinajstić information content (AvgIpc) is 2.58. The molecule has 0 amide bonds. The summed E-state index contributed by atoms with van der Waals surface area (Å²) in [6.45, 7) is 3.75. The van der Waals surface area contributed by atoms with Gasteiger partial charge in [0.25, 0.3) is 0 Å². The molecular formula is C13H28N2O. The smallest absolute Gasteiger partial charge is 0.0667 e. The van der Waals surface area contributed by atoms with Gasteiger partial charge in [-0.1, -0.05) is 25.7 Å². The average molecular weight is 228 g/mol. The van der Waals surface area contributed by atoms with Crippen molar-refractivity contribution in [3.05, 3.63) is 0 Å². The van der Waals surface area contributed by atoms with Crippen LogP contribution in [0.4, 0.5) is 0 Å². The lowest BCUT2D eigenvalue weighted by molar-refractivity contribution is 0.111. The maximum absolute atomic E-state index is 5.88. The van der Waals surface area contributed by atoms with E-state index < -0.39 is 0 Å². The molecule has 1 fully saturated rings. The summed E-state index contributed by atoms with van der Waals surface area (Å²) in [5, 5.41) is 3.57. The van der Waals surface area contributed by atoms with E-state index in [2.05, 4.69) is 12.2 Å². The van der Waals surface area contributed by atoms with Crippen LogP contribution >= 0.6 is 0 Å². The van der Waals surface area contributed by atoms with Gasteiger partial charge in [0.05, 0.1) is 6.10 Å². The summed E-state index contributed by atoms with van der Waals surface area (Å²) in [7, 11) is 1.76. The Hall–Kier alpha value is -0.120. The summed E-state index contributed by atoms with van der Waals surface area (Å²) >= 11 is 0. The quantitative estimate of drug-likeness (QED) is 0.683. The first-order valence-electron chi connectivity index (χ1n) is 6.74. The van der Waals surface area contributed by atoms with Crippen molar-refractivity contribution in [3.8, 4) is 0 Å². The molecule has 3 heteroatoms. The zero-order chi connectivity index (χ0) is 11.8. The van der Waals surface area contributed by atoms with E-state index in [9.17, 15) is 0 Å². The van der Waals surface area contributed by atoms with Crippen molar-refractivity contribution in [3.63, 3.8) is 0 Å². The Kier molecular flexibility index (Phi) is 7.01. The Morgan fingerprint density at radius 3 is 2.38 bits per heavy atom. The highest BCUT2D eigenvalue weighted by molar-refractivity contribution is 4.79. The van der Waals surface area contributed by atoms with Gasteiger partial charge >= 0.3 is 0 Å². The van der Waals surface area contributed by atoms with E-state index in [0.29, 0.717) is 6.04 Å². The minimum Gasteiger partial charge on any atom is -0.380 e. The molecule has 0 aromatic rings. The Labute approximate surface area is 100 Å². The van der Waals surface area contributed by atoms with E-state index in [-0.39, 0.29) is 6.10 Å². The van der Waals surface area contributed by atoms with E-state index in [1.165, 1.54) is 38.5 Å².